The van der Waals surface area contributed by atoms with Crippen molar-refractivity contribution in [2.75, 3.05) is 0 Å². The highest BCUT2D eigenvalue weighted by Gasteiger charge is 2.24. The first-order valence-electron chi connectivity index (χ1n) is 7.85. The number of primary amides is 1. The molecule has 1 aliphatic carbocycles. The molecule has 0 atom stereocenters. The molecule has 0 radical (unpaired) electrons. The summed E-state index contributed by atoms with van der Waals surface area (Å²) in [6.45, 7) is 0. The highest BCUT2D eigenvalue weighted by molar-refractivity contribution is 7.21. The lowest BCUT2D eigenvalue weighted by molar-refractivity contribution is 0.0950. The SMILES string of the molecule is NC(=O)c1cc2cccc(-c3cccc(C(=O)NC4CC4)c3)c2s1. The van der Waals surface area contributed by atoms with Gasteiger partial charge in [0.05, 0.1) is 4.88 Å². The molecule has 0 bridgehead atoms. The van der Waals surface area contributed by atoms with Gasteiger partial charge in [0, 0.05) is 16.3 Å². The van der Waals surface area contributed by atoms with Crippen LogP contribution >= 0.6 is 11.3 Å². The van der Waals surface area contributed by atoms with Crippen LogP contribution in [-0.4, -0.2) is 17.9 Å². The fraction of sp³-hybridized carbons (Fsp3) is 0.158. The number of carbonyl (C=O) groups excluding carboxylic acids is 2. The number of rotatable bonds is 4. The summed E-state index contributed by atoms with van der Waals surface area (Å²) in [5.41, 5.74) is 8.02. The smallest absolute Gasteiger partial charge is 0.258 e. The zero-order valence-corrected chi connectivity index (χ0v) is 13.7. The van der Waals surface area contributed by atoms with Crippen LogP contribution in [0, 0.1) is 0 Å². The predicted octanol–water partition coefficient (Wildman–Crippen LogP) is 3.56. The number of nitrogens with one attached hydrogen (secondary N) is 1. The Bertz CT molecular complexity index is 957. The minimum absolute atomic E-state index is 0.0319. The fourth-order valence-electron chi connectivity index (χ4n) is 2.74. The Morgan fingerprint density at radius 3 is 2.62 bits per heavy atom. The summed E-state index contributed by atoms with van der Waals surface area (Å²) < 4.78 is 1.01. The van der Waals surface area contributed by atoms with Crippen LogP contribution in [0.4, 0.5) is 0 Å². The van der Waals surface area contributed by atoms with E-state index in [-0.39, 0.29) is 5.91 Å². The summed E-state index contributed by atoms with van der Waals surface area (Å²) in [5, 5.41) is 3.99. The van der Waals surface area contributed by atoms with Crippen molar-refractivity contribution in [2.24, 2.45) is 5.73 Å². The van der Waals surface area contributed by atoms with Gasteiger partial charge >= 0.3 is 0 Å². The summed E-state index contributed by atoms with van der Waals surface area (Å²) in [4.78, 5) is 24.3. The second-order valence-electron chi connectivity index (χ2n) is 6.03. The molecule has 0 spiro atoms. The average Bonchev–Trinajstić information content (AvgIpc) is 3.28. The molecule has 0 unspecified atom stereocenters. The van der Waals surface area contributed by atoms with Crippen molar-refractivity contribution < 1.29 is 9.59 Å². The van der Waals surface area contributed by atoms with E-state index in [0.29, 0.717) is 16.5 Å². The Balaban J connectivity index is 1.76. The number of nitrogens with two attached hydrogens (primary N) is 1. The topological polar surface area (TPSA) is 72.2 Å². The number of fused-ring (bicyclic) bond motifs is 1. The van der Waals surface area contributed by atoms with E-state index in [0.717, 1.165) is 34.1 Å². The third-order valence-corrected chi connectivity index (χ3v) is 5.33. The third-order valence-electron chi connectivity index (χ3n) is 4.14. The first kappa shape index (κ1) is 14.9. The van der Waals surface area contributed by atoms with Gasteiger partial charge in [-0.15, -0.1) is 11.3 Å². The first-order chi connectivity index (χ1) is 11.6. The maximum absolute atomic E-state index is 12.3. The van der Waals surface area contributed by atoms with Gasteiger partial charge in [0.15, 0.2) is 0 Å². The lowest BCUT2D eigenvalue weighted by Crippen LogP contribution is -2.25. The standard InChI is InChI=1S/C19H16N2O2S/c20-18(22)16-10-12-4-2-6-15(17(12)24-16)11-3-1-5-13(9-11)19(23)21-14-7-8-14/h1-6,9-10,14H,7-8H2,(H2,20,22)(H,21,23). The number of thiophene rings is 1. The van der Waals surface area contributed by atoms with Crippen molar-refractivity contribution >= 4 is 33.2 Å². The molecule has 3 N–H and O–H groups in total. The molecule has 5 heteroatoms. The van der Waals surface area contributed by atoms with Gasteiger partial charge in [0.25, 0.3) is 11.8 Å². The molecular formula is C19H16N2O2S. The van der Waals surface area contributed by atoms with Crippen LogP contribution in [0.15, 0.2) is 48.5 Å². The monoisotopic (exact) mass is 336 g/mol. The van der Waals surface area contributed by atoms with Crippen LogP contribution in [0.5, 0.6) is 0 Å². The minimum atomic E-state index is -0.417. The molecule has 1 saturated carbocycles. The van der Waals surface area contributed by atoms with E-state index >= 15 is 0 Å². The zero-order valence-electron chi connectivity index (χ0n) is 12.9. The molecule has 2 aromatic carbocycles. The van der Waals surface area contributed by atoms with Crippen LogP contribution in [-0.2, 0) is 0 Å². The molecule has 0 saturated heterocycles. The Hall–Kier alpha value is -2.66. The molecule has 1 aliphatic rings. The van der Waals surface area contributed by atoms with Gasteiger partial charge in [0.2, 0.25) is 0 Å². The molecule has 2 amide bonds. The van der Waals surface area contributed by atoms with Crippen molar-refractivity contribution in [3.8, 4) is 11.1 Å². The van der Waals surface area contributed by atoms with Crippen LogP contribution in [0.25, 0.3) is 21.2 Å². The molecule has 4 rings (SSSR count). The van der Waals surface area contributed by atoms with Gasteiger partial charge in [-0.25, -0.2) is 0 Å². The van der Waals surface area contributed by atoms with Crippen molar-refractivity contribution in [3.63, 3.8) is 0 Å². The molecule has 0 aliphatic heterocycles. The molecular weight excluding hydrogens is 320 g/mol. The van der Waals surface area contributed by atoms with E-state index in [4.69, 9.17) is 5.73 Å². The molecule has 1 heterocycles. The van der Waals surface area contributed by atoms with E-state index < -0.39 is 5.91 Å². The third kappa shape index (κ3) is 2.78. The lowest BCUT2D eigenvalue weighted by atomic mass is 10.0. The minimum Gasteiger partial charge on any atom is -0.365 e. The Labute approximate surface area is 143 Å². The predicted molar refractivity (Wildman–Crippen MR) is 96.3 cm³/mol. The van der Waals surface area contributed by atoms with Gasteiger partial charge in [-0.05, 0) is 47.6 Å². The molecule has 4 nitrogen and oxygen atoms in total. The van der Waals surface area contributed by atoms with Crippen molar-refractivity contribution in [3.05, 3.63) is 59.0 Å². The van der Waals surface area contributed by atoms with Crippen LogP contribution < -0.4 is 11.1 Å². The van der Waals surface area contributed by atoms with Crippen LogP contribution in [0.1, 0.15) is 32.9 Å². The van der Waals surface area contributed by atoms with Crippen molar-refractivity contribution in [1.29, 1.82) is 0 Å². The van der Waals surface area contributed by atoms with E-state index in [9.17, 15) is 9.59 Å². The maximum atomic E-state index is 12.3. The number of amides is 2. The molecule has 3 aromatic rings. The van der Waals surface area contributed by atoms with Gasteiger partial charge in [-0.2, -0.15) is 0 Å². The average molecular weight is 336 g/mol. The van der Waals surface area contributed by atoms with Gasteiger partial charge in [-0.3, -0.25) is 9.59 Å². The van der Waals surface area contributed by atoms with Crippen LogP contribution in [0.3, 0.4) is 0 Å². The Morgan fingerprint density at radius 2 is 1.88 bits per heavy atom. The van der Waals surface area contributed by atoms with Crippen molar-refractivity contribution in [1.82, 2.24) is 5.32 Å². The first-order valence-corrected chi connectivity index (χ1v) is 8.67. The molecule has 1 fully saturated rings. The summed E-state index contributed by atoms with van der Waals surface area (Å²) in [5.74, 6) is -0.449. The highest BCUT2D eigenvalue weighted by Crippen LogP contribution is 2.35. The molecule has 120 valence electrons. The summed E-state index contributed by atoms with van der Waals surface area (Å²) in [6.07, 6.45) is 2.13. The molecule has 24 heavy (non-hydrogen) atoms. The fourth-order valence-corrected chi connectivity index (χ4v) is 3.78. The summed E-state index contributed by atoms with van der Waals surface area (Å²) in [6, 6.07) is 15.7. The number of hydrogen-bond acceptors (Lipinski definition) is 3. The van der Waals surface area contributed by atoms with Gasteiger partial charge < -0.3 is 11.1 Å². The van der Waals surface area contributed by atoms with Crippen molar-refractivity contribution in [2.45, 2.75) is 18.9 Å². The number of hydrogen-bond donors (Lipinski definition) is 2. The summed E-state index contributed by atoms with van der Waals surface area (Å²) >= 11 is 1.39. The number of benzene rings is 2. The Morgan fingerprint density at radius 1 is 1.08 bits per heavy atom. The highest BCUT2D eigenvalue weighted by atomic mass is 32.1. The normalized spacial score (nSPS) is 13.8. The maximum Gasteiger partial charge on any atom is 0.258 e. The largest absolute Gasteiger partial charge is 0.365 e. The van der Waals surface area contributed by atoms with E-state index in [1.807, 2.05) is 48.5 Å². The van der Waals surface area contributed by atoms with Gasteiger partial charge in [-0.1, -0.05) is 30.3 Å². The van der Waals surface area contributed by atoms with E-state index in [1.54, 1.807) is 0 Å². The zero-order chi connectivity index (χ0) is 16.7. The van der Waals surface area contributed by atoms with Gasteiger partial charge in [0.1, 0.15) is 0 Å². The lowest BCUT2D eigenvalue weighted by Gasteiger charge is -2.07. The molecule has 1 aromatic heterocycles. The Kier molecular flexibility index (Phi) is 3.58. The number of carbonyl (C=O) groups is 2. The second-order valence-corrected chi connectivity index (χ2v) is 7.08. The quantitative estimate of drug-likeness (QED) is 0.764. The second kappa shape index (κ2) is 5.76. The van der Waals surface area contributed by atoms with E-state index in [2.05, 4.69) is 5.32 Å². The summed E-state index contributed by atoms with van der Waals surface area (Å²) in [7, 11) is 0. The van der Waals surface area contributed by atoms with Crippen LogP contribution in [0.2, 0.25) is 0 Å². The van der Waals surface area contributed by atoms with E-state index in [1.165, 1.54) is 11.3 Å².